The average Bonchev–Trinajstić information content (AvgIpc) is 1.87. The molecule has 0 bridgehead atoms. The van der Waals surface area contributed by atoms with Crippen LogP contribution in [-0.2, 0) is 0 Å². The van der Waals surface area contributed by atoms with Gasteiger partial charge >= 0.3 is 0 Å². The van der Waals surface area contributed by atoms with Crippen LogP contribution < -0.4 is 0 Å². The molecule has 0 atom stereocenters. The lowest BCUT2D eigenvalue weighted by Gasteiger charge is -1.96. The van der Waals surface area contributed by atoms with Gasteiger partial charge in [0.2, 0.25) is 0 Å². The van der Waals surface area contributed by atoms with Crippen molar-refractivity contribution < 1.29 is 0 Å². The van der Waals surface area contributed by atoms with Gasteiger partial charge in [0.1, 0.15) is 0 Å². The summed E-state index contributed by atoms with van der Waals surface area (Å²) in [6.07, 6.45) is 1.07. The highest BCUT2D eigenvalue weighted by Gasteiger charge is 2.10. The fourth-order valence-corrected chi connectivity index (χ4v) is 0.934. The molecule has 0 radical (unpaired) electrons. The molecule has 0 spiro atoms. The minimum Gasteiger partial charge on any atom is -0.216 e. The van der Waals surface area contributed by atoms with Crippen LogP contribution in [0.3, 0.4) is 0 Å². The first-order valence-corrected chi connectivity index (χ1v) is 2.70. The average molecular weight is 118 g/mol. The second-order valence-electron chi connectivity index (χ2n) is 1.84. The molecule has 0 N–H and O–H groups in total. The zero-order valence-corrected chi connectivity index (χ0v) is 4.91. The molecule has 0 amide bonds. The summed E-state index contributed by atoms with van der Waals surface area (Å²) < 4.78 is 1.75. The molecule has 1 rings (SSSR count). The van der Waals surface area contributed by atoms with Crippen molar-refractivity contribution in [3.05, 3.63) is 12.2 Å². The molecular weight excluding hydrogens is 110 g/mol. The lowest BCUT2D eigenvalue weighted by Crippen LogP contribution is -2.03. The summed E-state index contributed by atoms with van der Waals surface area (Å²) in [4.78, 5) is 0. The van der Waals surface area contributed by atoms with Crippen LogP contribution in [0.4, 0.5) is 0 Å². The molecule has 1 heterocycles. The zero-order chi connectivity index (χ0) is 5.28. The molecule has 1 aliphatic rings. The van der Waals surface area contributed by atoms with E-state index >= 15 is 0 Å². The number of hydrogen-bond acceptors (Lipinski definition) is 1. The Bertz CT molecular complexity index is 90.1. The summed E-state index contributed by atoms with van der Waals surface area (Å²) in [5, 5.41) is 0. The van der Waals surface area contributed by atoms with E-state index in [4.69, 9.17) is 11.8 Å². The zero-order valence-electron chi connectivity index (χ0n) is 4.15. The first kappa shape index (κ1) is 5.13. The summed E-state index contributed by atoms with van der Waals surface area (Å²) in [6, 6.07) is 0. The Hall–Kier alpha value is -0.0100. The van der Waals surface area contributed by atoms with E-state index < -0.39 is 0 Å². The molecule has 2 heteroatoms. The minimum absolute atomic E-state index is 0.877. The van der Waals surface area contributed by atoms with Gasteiger partial charge in [0.05, 0.1) is 0 Å². The van der Waals surface area contributed by atoms with Crippen molar-refractivity contribution >= 4 is 11.8 Å². The van der Waals surface area contributed by atoms with Gasteiger partial charge in [-0.05, 0) is 18.2 Å². The molecule has 0 saturated carbocycles. The Kier molecular flexibility index (Phi) is 1.35. The van der Waals surface area contributed by atoms with Crippen molar-refractivity contribution in [2.45, 2.75) is 6.42 Å². The molecule has 1 saturated heterocycles. The standard InChI is InChI=1S/C5H8ClN/c1-5-2-3-7(6)4-5/h1-4H2. The van der Waals surface area contributed by atoms with E-state index in [1.54, 1.807) is 4.42 Å². The molecule has 40 valence electrons. The van der Waals surface area contributed by atoms with Crippen molar-refractivity contribution in [3.8, 4) is 0 Å². The maximum Gasteiger partial charge on any atom is 0.0347 e. The van der Waals surface area contributed by atoms with Gasteiger partial charge in [-0.2, -0.15) is 0 Å². The molecular formula is C5H8ClN. The fraction of sp³-hybridized carbons (Fsp3) is 0.600. The summed E-state index contributed by atoms with van der Waals surface area (Å²) >= 11 is 5.58. The highest BCUT2D eigenvalue weighted by molar-refractivity contribution is 6.13. The van der Waals surface area contributed by atoms with E-state index in [0.717, 1.165) is 19.5 Å². The molecule has 1 nitrogen and oxygen atoms in total. The Balaban J connectivity index is 2.40. The largest absolute Gasteiger partial charge is 0.216 e. The molecule has 1 fully saturated rings. The van der Waals surface area contributed by atoms with Crippen LogP contribution in [0.25, 0.3) is 0 Å². The summed E-state index contributed by atoms with van der Waals surface area (Å²) in [5.41, 5.74) is 1.25. The van der Waals surface area contributed by atoms with Gasteiger partial charge in [-0.3, -0.25) is 0 Å². The SMILES string of the molecule is C=C1CCN(Cl)C1. The van der Waals surface area contributed by atoms with Gasteiger partial charge in [0, 0.05) is 13.1 Å². The van der Waals surface area contributed by atoms with Crippen molar-refractivity contribution in [2.75, 3.05) is 13.1 Å². The Labute approximate surface area is 48.7 Å². The summed E-state index contributed by atoms with van der Waals surface area (Å²) in [5.74, 6) is 0. The number of nitrogens with zero attached hydrogens (tertiary/aromatic N) is 1. The first-order valence-electron chi connectivity index (χ1n) is 2.36. The van der Waals surface area contributed by atoms with Gasteiger partial charge < -0.3 is 0 Å². The number of rotatable bonds is 0. The van der Waals surface area contributed by atoms with Crippen LogP contribution in [0.2, 0.25) is 0 Å². The normalized spacial score (nSPS) is 23.9. The third-order valence-corrected chi connectivity index (χ3v) is 1.39. The monoisotopic (exact) mass is 117 g/mol. The number of hydrogen-bond donors (Lipinski definition) is 0. The quantitative estimate of drug-likeness (QED) is 0.343. The lowest BCUT2D eigenvalue weighted by atomic mass is 10.3. The van der Waals surface area contributed by atoms with E-state index in [9.17, 15) is 0 Å². The molecule has 1 aliphatic heterocycles. The highest BCUT2D eigenvalue weighted by Crippen LogP contribution is 2.13. The van der Waals surface area contributed by atoms with Crippen LogP contribution in [0.15, 0.2) is 12.2 Å². The van der Waals surface area contributed by atoms with Crippen LogP contribution in [0.1, 0.15) is 6.42 Å². The molecule has 7 heavy (non-hydrogen) atoms. The Morgan fingerprint density at radius 1 is 1.71 bits per heavy atom. The molecule has 0 aromatic carbocycles. The highest BCUT2D eigenvalue weighted by atomic mass is 35.5. The second kappa shape index (κ2) is 1.85. The molecule has 0 aliphatic carbocycles. The van der Waals surface area contributed by atoms with Crippen LogP contribution in [-0.4, -0.2) is 17.5 Å². The van der Waals surface area contributed by atoms with E-state index in [-0.39, 0.29) is 0 Å². The van der Waals surface area contributed by atoms with Gasteiger partial charge in [0.25, 0.3) is 0 Å². The van der Waals surface area contributed by atoms with Gasteiger partial charge in [-0.15, -0.1) is 0 Å². The van der Waals surface area contributed by atoms with Crippen molar-refractivity contribution in [1.82, 2.24) is 4.42 Å². The number of halogens is 1. The lowest BCUT2D eigenvalue weighted by molar-refractivity contribution is 0.575. The van der Waals surface area contributed by atoms with Crippen LogP contribution >= 0.6 is 11.8 Å². The third-order valence-electron chi connectivity index (χ3n) is 1.10. The maximum absolute atomic E-state index is 5.58. The van der Waals surface area contributed by atoms with Gasteiger partial charge in [-0.1, -0.05) is 12.2 Å². The predicted molar refractivity (Wildman–Crippen MR) is 31.2 cm³/mol. The Morgan fingerprint density at radius 3 is 2.57 bits per heavy atom. The predicted octanol–water partition coefficient (Wildman–Crippen LogP) is 1.40. The van der Waals surface area contributed by atoms with Crippen LogP contribution in [0, 0.1) is 0 Å². The van der Waals surface area contributed by atoms with Crippen molar-refractivity contribution in [3.63, 3.8) is 0 Å². The minimum atomic E-state index is 0.877. The van der Waals surface area contributed by atoms with E-state index in [1.807, 2.05) is 0 Å². The van der Waals surface area contributed by atoms with Crippen molar-refractivity contribution in [1.29, 1.82) is 0 Å². The fourth-order valence-electron chi connectivity index (χ4n) is 0.680. The van der Waals surface area contributed by atoms with E-state index in [1.165, 1.54) is 5.57 Å². The van der Waals surface area contributed by atoms with Crippen molar-refractivity contribution in [2.24, 2.45) is 0 Å². The molecule has 0 aromatic rings. The summed E-state index contributed by atoms with van der Waals surface area (Å²) in [7, 11) is 0. The molecule has 0 unspecified atom stereocenters. The van der Waals surface area contributed by atoms with Gasteiger partial charge in [0.15, 0.2) is 0 Å². The van der Waals surface area contributed by atoms with Gasteiger partial charge in [-0.25, -0.2) is 4.42 Å². The molecule has 0 aromatic heterocycles. The third kappa shape index (κ3) is 1.18. The van der Waals surface area contributed by atoms with E-state index in [0.29, 0.717) is 0 Å². The van der Waals surface area contributed by atoms with Crippen LogP contribution in [0.5, 0.6) is 0 Å². The smallest absolute Gasteiger partial charge is 0.0347 e. The maximum atomic E-state index is 5.58. The topological polar surface area (TPSA) is 3.24 Å². The van der Waals surface area contributed by atoms with E-state index in [2.05, 4.69) is 6.58 Å². The second-order valence-corrected chi connectivity index (χ2v) is 2.32. The Morgan fingerprint density at radius 2 is 2.43 bits per heavy atom. The summed E-state index contributed by atoms with van der Waals surface area (Å²) in [6.45, 7) is 5.63. The first-order chi connectivity index (χ1) is 3.29.